The molecule has 1 aromatic carbocycles. The first-order chi connectivity index (χ1) is 7.33. The van der Waals surface area contributed by atoms with E-state index in [1.54, 1.807) is 7.11 Å². The van der Waals surface area contributed by atoms with Crippen LogP contribution in [0.3, 0.4) is 0 Å². The molecule has 2 nitrogen and oxygen atoms in total. The van der Waals surface area contributed by atoms with Gasteiger partial charge in [0.05, 0.1) is 12.7 Å². The van der Waals surface area contributed by atoms with Gasteiger partial charge in [0, 0.05) is 0 Å². The first kappa shape index (κ1) is 9.97. The van der Waals surface area contributed by atoms with Crippen molar-refractivity contribution in [3.05, 3.63) is 41.5 Å². The van der Waals surface area contributed by atoms with E-state index in [9.17, 15) is 4.79 Å². The molecule has 0 aliphatic heterocycles. The minimum atomic E-state index is 0.116. The lowest BCUT2D eigenvalue weighted by Gasteiger charge is -2.07. The third kappa shape index (κ3) is 1.94. The number of rotatable bonds is 3. The number of ketones is 1. The molecule has 15 heavy (non-hydrogen) atoms. The van der Waals surface area contributed by atoms with Crippen molar-refractivity contribution in [2.24, 2.45) is 0 Å². The molecule has 1 aliphatic rings. The fourth-order valence-electron chi connectivity index (χ4n) is 1.88. The second-order valence-electron chi connectivity index (χ2n) is 3.65. The van der Waals surface area contributed by atoms with Crippen LogP contribution in [0, 0.1) is 0 Å². The zero-order valence-electron chi connectivity index (χ0n) is 8.82. The summed E-state index contributed by atoms with van der Waals surface area (Å²) in [5.41, 5.74) is 1.60. The number of carbonyl (C=O) groups is 1. The number of Topliss-reactive ketones (excluding diaryl/α,β-unsaturated/α-hetero) is 1. The molecule has 0 saturated carbocycles. The molecule has 0 heterocycles. The van der Waals surface area contributed by atoms with E-state index in [0.29, 0.717) is 11.3 Å². The Kier molecular flexibility index (Phi) is 2.86. The average molecular weight is 202 g/mol. The van der Waals surface area contributed by atoms with Crippen molar-refractivity contribution in [2.75, 3.05) is 7.11 Å². The van der Waals surface area contributed by atoms with Crippen molar-refractivity contribution in [1.82, 2.24) is 0 Å². The third-order valence-corrected chi connectivity index (χ3v) is 2.68. The molecule has 0 unspecified atom stereocenters. The summed E-state index contributed by atoms with van der Waals surface area (Å²) in [4.78, 5) is 12.1. The molecule has 2 heteroatoms. The lowest BCUT2D eigenvalue weighted by Crippen LogP contribution is -2.03. The van der Waals surface area contributed by atoms with E-state index < -0.39 is 0 Å². The summed E-state index contributed by atoms with van der Waals surface area (Å²) < 4.78 is 5.18. The van der Waals surface area contributed by atoms with Gasteiger partial charge in [-0.2, -0.15) is 0 Å². The van der Waals surface area contributed by atoms with Gasteiger partial charge in [-0.25, -0.2) is 0 Å². The van der Waals surface area contributed by atoms with Gasteiger partial charge in [0.2, 0.25) is 0 Å². The first-order valence-corrected chi connectivity index (χ1v) is 5.19. The molecule has 0 aromatic heterocycles. The summed E-state index contributed by atoms with van der Waals surface area (Å²) in [7, 11) is 1.59. The predicted molar refractivity (Wildman–Crippen MR) is 59.3 cm³/mol. The normalized spacial score (nSPS) is 14.9. The largest absolute Gasteiger partial charge is 0.496 e. The van der Waals surface area contributed by atoms with Crippen molar-refractivity contribution in [2.45, 2.75) is 19.3 Å². The molecule has 0 atom stereocenters. The topological polar surface area (TPSA) is 26.3 Å². The van der Waals surface area contributed by atoms with Gasteiger partial charge in [0.1, 0.15) is 5.75 Å². The highest BCUT2D eigenvalue weighted by Gasteiger charge is 2.18. The first-order valence-electron chi connectivity index (χ1n) is 5.19. The Labute approximate surface area is 89.6 Å². The van der Waals surface area contributed by atoms with Gasteiger partial charge >= 0.3 is 0 Å². The minimum Gasteiger partial charge on any atom is -0.496 e. The number of carbonyl (C=O) groups excluding carboxylic acids is 1. The minimum absolute atomic E-state index is 0.116. The fraction of sp³-hybridized carbons (Fsp3) is 0.308. The monoisotopic (exact) mass is 202 g/mol. The maximum Gasteiger partial charge on any atom is 0.192 e. The lowest BCUT2D eigenvalue weighted by molar-refractivity contribution is 0.102. The Hall–Kier alpha value is -1.57. The number of allylic oxidation sites excluding steroid dienone is 2. The van der Waals surface area contributed by atoms with Crippen molar-refractivity contribution in [3.63, 3.8) is 0 Å². The van der Waals surface area contributed by atoms with E-state index in [2.05, 4.69) is 0 Å². The molecule has 0 amide bonds. The van der Waals surface area contributed by atoms with Crippen LogP contribution in [-0.4, -0.2) is 12.9 Å². The SMILES string of the molecule is COc1ccccc1C(=O)C1=CCCC1. The van der Waals surface area contributed by atoms with E-state index in [1.807, 2.05) is 30.3 Å². The summed E-state index contributed by atoms with van der Waals surface area (Å²) in [6.45, 7) is 0. The van der Waals surface area contributed by atoms with Crippen LogP contribution < -0.4 is 4.74 Å². The standard InChI is InChI=1S/C13H14O2/c1-15-12-9-5-4-8-11(12)13(14)10-6-2-3-7-10/h4-6,8-9H,2-3,7H2,1H3. The van der Waals surface area contributed by atoms with Gasteiger partial charge in [0.25, 0.3) is 0 Å². The highest BCUT2D eigenvalue weighted by atomic mass is 16.5. The van der Waals surface area contributed by atoms with Gasteiger partial charge in [0.15, 0.2) is 5.78 Å². The van der Waals surface area contributed by atoms with E-state index in [-0.39, 0.29) is 5.78 Å². The smallest absolute Gasteiger partial charge is 0.192 e. The highest BCUT2D eigenvalue weighted by molar-refractivity contribution is 6.10. The lowest BCUT2D eigenvalue weighted by atomic mass is 10.0. The molecule has 0 fully saturated rings. The quantitative estimate of drug-likeness (QED) is 0.704. The van der Waals surface area contributed by atoms with E-state index in [4.69, 9.17) is 4.74 Å². The molecule has 0 radical (unpaired) electrons. The molecule has 2 rings (SSSR count). The Morgan fingerprint density at radius 3 is 2.80 bits per heavy atom. The van der Waals surface area contributed by atoms with Gasteiger partial charge < -0.3 is 4.74 Å². The van der Waals surface area contributed by atoms with E-state index in [0.717, 1.165) is 24.8 Å². The summed E-state index contributed by atoms with van der Waals surface area (Å²) in [5, 5.41) is 0. The molecule has 0 saturated heterocycles. The molecule has 1 aliphatic carbocycles. The zero-order chi connectivity index (χ0) is 10.7. The van der Waals surface area contributed by atoms with Gasteiger partial charge in [-0.3, -0.25) is 4.79 Å². The number of para-hydroxylation sites is 1. The van der Waals surface area contributed by atoms with E-state index >= 15 is 0 Å². The maximum absolute atomic E-state index is 12.1. The Morgan fingerprint density at radius 1 is 1.33 bits per heavy atom. The Bertz CT molecular complexity index is 405. The summed E-state index contributed by atoms with van der Waals surface area (Å²) in [5.74, 6) is 0.778. The average Bonchev–Trinajstić information content (AvgIpc) is 2.81. The van der Waals surface area contributed by atoms with Gasteiger partial charge in [-0.1, -0.05) is 18.2 Å². The number of benzene rings is 1. The highest BCUT2D eigenvalue weighted by Crippen LogP contribution is 2.26. The van der Waals surface area contributed by atoms with E-state index in [1.165, 1.54) is 0 Å². The summed E-state index contributed by atoms with van der Waals surface area (Å²) in [6, 6.07) is 7.38. The Morgan fingerprint density at radius 2 is 2.13 bits per heavy atom. The zero-order valence-corrected chi connectivity index (χ0v) is 8.82. The van der Waals surface area contributed by atoms with Gasteiger partial charge in [-0.05, 0) is 37.0 Å². The number of hydrogen-bond acceptors (Lipinski definition) is 2. The molecular formula is C13H14O2. The van der Waals surface area contributed by atoms with Crippen LogP contribution in [-0.2, 0) is 0 Å². The predicted octanol–water partition coefficient (Wildman–Crippen LogP) is 2.99. The van der Waals surface area contributed by atoms with Crippen LogP contribution in [0.5, 0.6) is 5.75 Å². The fourth-order valence-corrected chi connectivity index (χ4v) is 1.88. The van der Waals surface area contributed by atoms with Crippen molar-refractivity contribution >= 4 is 5.78 Å². The van der Waals surface area contributed by atoms with Crippen LogP contribution in [0.4, 0.5) is 0 Å². The van der Waals surface area contributed by atoms with Crippen molar-refractivity contribution in [3.8, 4) is 5.75 Å². The second-order valence-corrected chi connectivity index (χ2v) is 3.65. The third-order valence-electron chi connectivity index (χ3n) is 2.68. The number of methoxy groups -OCH3 is 1. The maximum atomic E-state index is 12.1. The molecule has 0 spiro atoms. The molecule has 1 aromatic rings. The van der Waals surface area contributed by atoms with Gasteiger partial charge in [-0.15, -0.1) is 0 Å². The second kappa shape index (κ2) is 4.30. The molecule has 78 valence electrons. The van der Waals surface area contributed by atoms with Crippen LogP contribution in [0.15, 0.2) is 35.9 Å². The Balaban J connectivity index is 2.32. The van der Waals surface area contributed by atoms with Crippen LogP contribution in [0.2, 0.25) is 0 Å². The number of ether oxygens (including phenoxy) is 1. The molecule has 0 bridgehead atoms. The van der Waals surface area contributed by atoms with Crippen molar-refractivity contribution < 1.29 is 9.53 Å². The summed E-state index contributed by atoms with van der Waals surface area (Å²) >= 11 is 0. The van der Waals surface area contributed by atoms with Crippen LogP contribution in [0.1, 0.15) is 29.6 Å². The van der Waals surface area contributed by atoms with Crippen molar-refractivity contribution in [1.29, 1.82) is 0 Å². The molecule has 0 N–H and O–H groups in total. The number of hydrogen-bond donors (Lipinski definition) is 0. The van der Waals surface area contributed by atoms with Crippen LogP contribution in [0.25, 0.3) is 0 Å². The summed E-state index contributed by atoms with van der Waals surface area (Å²) in [6.07, 6.45) is 5.05. The molecular weight excluding hydrogens is 188 g/mol. The van der Waals surface area contributed by atoms with Crippen LogP contribution >= 0.6 is 0 Å².